The second-order valence-corrected chi connectivity index (χ2v) is 10.1. The van der Waals surface area contributed by atoms with E-state index in [1.165, 1.54) is 27.8 Å². The average molecular weight is 518 g/mol. The molecule has 1 aliphatic carbocycles. The Morgan fingerprint density at radius 2 is 1.59 bits per heavy atom. The van der Waals surface area contributed by atoms with Crippen LogP contribution in [0.25, 0.3) is 11.1 Å². The maximum Gasteiger partial charge on any atom is 0.286 e. The van der Waals surface area contributed by atoms with Gasteiger partial charge in [0, 0.05) is 18.9 Å². The number of rotatable bonds is 8. The summed E-state index contributed by atoms with van der Waals surface area (Å²) in [4.78, 5) is 13.3. The molecular weight excluding hydrogens is 486 g/mol. The number of allylic oxidation sites excluding steroid dienone is 1. The van der Waals surface area contributed by atoms with E-state index in [0.29, 0.717) is 19.6 Å². The van der Waals surface area contributed by atoms with Gasteiger partial charge in [0.25, 0.3) is 5.91 Å². The van der Waals surface area contributed by atoms with E-state index in [1.54, 1.807) is 0 Å². The van der Waals surface area contributed by atoms with Gasteiger partial charge < -0.3 is 19.9 Å². The first kappa shape index (κ1) is 25.1. The SMILES string of the molecule is O=C(NCc1ccccc1)C1=C[C@@H](c2cccc3c2Cc2ccccc2-3)C[C@@H](OCc2ccc(CO)cc2)O1. The van der Waals surface area contributed by atoms with E-state index in [2.05, 4.69) is 47.8 Å². The predicted molar refractivity (Wildman–Crippen MR) is 150 cm³/mol. The largest absolute Gasteiger partial charge is 0.459 e. The molecule has 4 aromatic carbocycles. The van der Waals surface area contributed by atoms with Gasteiger partial charge in [-0.1, -0.05) is 97.1 Å². The normalized spacial score (nSPS) is 17.5. The topological polar surface area (TPSA) is 67.8 Å². The van der Waals surface area contributed by atoms with Crippen LogP contribution in [0.1, 0.15) is 45.7 Å². The third-order valence-corrected chi connectivity index (χ3v) is 7.50. The van der Waals surface area contributed by atoms with Gasteiger partial charge in [-0.3, -0.25) is 4.79 Å². The summed E-state index contributed by atoms with van der Waals surface area (Å²) < 4.78 is 12.3. The number of hydrogen-bond acceptors (Lipinski definition) is 4. The van der Waals surface area contributed by atoms with Crippen LogP contribution in [0.5, 0.6) is 0 Å². The van der Waals surface area contributed by atoms with Crippen LogP contribution in [-0.4, -0.2) is 17.3 Å². The summed E-state index contributed by atoms with van der Waals surface area (Å²) >= 11 is 0. The molecule has 0 saturated carbocycles. The van der Waals surface area contributed by atoms with Crippen molar-refractivity contribution in [1.29, 1.82) is 0 Å². The summed E-state index contributed by atoms with van der Waals surface area (Å²) in [6.07, 6.45) is 2.87. The van der Waals surface area contributed by atoms with Crippen LogP contribution in [0.15, 0.2) is 109 Å². The van der Waals surface area contributed by atoms with Crippen molar-refractivity contribution < 1.29 is 19.4 Å². The number of aliphatic hydroxyl groups is 1. The summed E-state index contributed by atoms with van der Waals surface area (Å²) in [6.45, 7) is 0.774. The molecule has 5 heteroatoms. The van der Waals surface area contributed by atoms with Crippen molar-refractivity contribution in [2.24, 2.45) is 0 Å². The number of nitrogens with one attached hydrogen (secondary N) is 1. The van der Waals surface area contributed by atoms with E-state index in [9.17, 15) is 9.90 Å². The summed E-state index contributed by atoms with van der Waals surface area (Å²) in [5, 5.41) is 12.3. The quantitative estimate of drug-likeness (QED) is 0.265. The van der Waals surface area contributed by atoms with Crippen LogP contribution < -0.4 is 5.32 Å². The minimum atomic E-state index is -0.574. The third kappa shape index (κ3) is 5.51. The Bertz CT molecular complexity index is 1490. The van der Waals surface area contributed by atoms with Gasteiger partial charge in [0.1, 0.15) is 0 Å². The van der Waals surface area contributed by atoms with Crippen LogP contribution in [0.3, 0.4) is 0 Å². The molecule has 0 saturated heterocycles. The zero-order valence-electron chi connectivity index (χ0n) is 21.7. The summed E-state index contributed by atoms with van der Waals surface area (Å²) in [7, 11) is 0. The Morgan fingerprint density at radius 3 is 2.41 bits per heavy atom. The molecule has 5 nitrogen and oxygen atoms in total. The second kappa shape index (κ2) is 11.3. The number of amides is 1. The Kier molecular flexibility index (Phi) is 7.26. The van der Waals surface area contributed by atoms with Gasteiger partial charge in [-0.05, 0) is 57.0 Å². The van der Waals surface area contributed by atoms with Gasteiger partial charge in [-0.2, -0.15) is 0 Å². The molecule has 0 aromatic heterocycles. The van der Waals surface area contributed by atoms with Gasteiger partial charge in [0.05, 0.1) is 13.2 Å². The van der Waals surface area contributed by atoms with Gasteiger partial charge in [0.15, 0.2) is 5.76 Å². The Hall–Kier alpha value is -4.19. The summed E-state index contributed by atoms with van der Waals surface area (Å²) in [5.41, 5.74) is 9.25. The molecule has 0 fully saturated rings. The fourth-order valence-corrected chi connectivity index (χ4v) is 5.46. The first-order valence-electron chi connectivity index (χ1n) is 13.4. The van der Waals surface area contributed by atoms with E-state index < -0.39 is 6.29 Å². The first-order valence-corrected chi connectivity index (χ1v) is 13.4. The van der Waals surface area contributed by atoms with Crippen LogP contribution >= 0.6 is 0 Å². The highest BCUT2D eigenvalue weighted by atomic mass is 16.7. The molecule has 1 heterocycles. The molecule has 4 aromatic rings. The highest BCUT2D eigenvalue weighted by Gasteiger charge is 2.32. The molecule has 196 valence electrons. The molecule has 0 bridgehead atoms. The highest BCUT2D eigenvalue weighted by Crippen LogP contribution is 2.43. The lowest BCUT2D eigenvalue weighted by atomic mass is 9.87. The zero-order chi connectivity index (χ0) is 26.6. The van der Waals surface area contributed by atoms with E-state index >= 15 is 0 Å². The average Bonchev–Trinajstić information content (AvgIpc) is 3.38. The number of carbonyl (C=O) groups excluding carboxylic acids is 1. The Labute approximate surface area is 228 Å². The lowest BCUT2D eigenvalue weighted by molar-refractivity contribution is -0.150. The van der Waals surface area contributed by atoms with E-state index in [0.717, 1.165) is 23.1 Å². The second-order valence-electron chi connectivity index (χ2n) is 10.1. The fraction of sp³-hybridized carbons (Fsp3) is 0.206. The molecule has 39 heavy (non-hydrogen) atoms. The Morgan fingerprint density at radius 1 is 0.846 bits per heavy atom. The summed E-state index contributed by atoms with van der Waals surface area (Å²) in [6, 6.07) is 32.5. The summed E-state index contributed by atoms with van der Waals surface area (Å²) in [5.74, 6) is 0.0125. The molecule has 1 amide bonds. The lowest BCUT2D eigenvalue weighted by Crippen LogP contribution is -2.32. The minimum Gasteiger partial charge on any atom is -0.459 e. The van der Waals surface area contributed by atoms with Crippen molar-refractivity contribution in [3.63, 3.8) is 0 Å². The predicted octanol–water partition coefficient (Wildman–Crippen LogP) is 6.00. The van der Waals surface area contributed by atoms with Crippen LogP contribution in [0.4, 0.5) is 0 Å². The fourth-order valence-electron chi connectivity index (χ4n) is 5.46. The van der Waals surface area contributed by atoms with E-state index in [1.807, 2.05) is 60.7 Å². The number of carbonyl (C=O) groups is 1. The smallest absolute Gasteiger partial charge is 0.286 e. The van der Waals surface area contributed by atoms with Gasteiger partial charge >= 0.3 is 0 Å². The molecule has 0 unspecified atom stereocenters. The lowest BCUT2D eigenvalue weighted by Gasteiger charge is -2.30. The van der Waals surface area contributed by atoms with Gasteiger partial charge in [-0.25, -0.2) is 0 Å². The molecule has 2 aliphatic rings. The number of fused-ring (bicyclic) bond motifs is 3. The zero-order valence-corrected chi connectivity index (χ0v) is 21.7. The van der Waals surface area contributed by atoms with Crippen molar-refractivity contribution in [2.75, 3.05) is 0 Å². The number of benzene rings is 4. The van der Waals surface area contributed by atoms with Crippen molar-refractivity contribution in [3.05, 3.63) is 142 Å². The maximum absolute atomic E-state index is 13.3. The molecule has 2 N–H and O–H groups in total. The third-order valence-electron chi connectivity index (χ3n) is 7.50. The molecule has 6 rings (SSSR count). The van der Waals surface area contributed by atoms with E-state index in [4.69, 9.17) is 9.47 Å². The minimum absolute atomic E-state index is 0.00602. The van der Waals surface area contributed by atoms with Crippen molar-refractivity contribution >= 4 is 5.91 Å². The van der Waals surface area contributed by atoms with Crippen molar-refractivity contribution in [2.45, 2.75) is 44.8 Å². The van der Waals surface area contributed by atoms with E-state index in [-0.39, 0.29) is 24.2 Å². The number of hydrogen-bond donors (Lipinski definition) is 2. The monoisotopic (exact) mass is 517 g/mol. The van der Waals surface area contributed by atoms with Crippen LogP contribution in [-0.2, 0) is 40.4 Å². The van der Waals surface area contributed by atoms with Crippen LogP contribution in [0, 0.1) is 0 Å². The standard InChI is InChI=1S/C34H31NO4/c36-21-24-13-15-25(16-14-24)22-38-33-19-27(18-32(39-33)34(37)35-20-23-7-2-1-3-8-23)29-11-6-12-30-28-10-5-4-9-26(28)17-31(29)30/h1-16,18,27,33,36H,17,19-22H2,(H,35,37)/t27-,33+/m1/s1. The first-order chi connectivity index (χ1) is 19.2. The maximum atomic E-state index is 13.3. The molecule has 0 radical (unpaired) electrons. The van der Waals surface area contributed by atoms with Gasteiger partial charge in [-0.15, -0.1) is 0 Å². The van der Waals surface area contributed by atoms with Crippen molar-refractivity contribution in [3.8, 4) is 11.1 Å². The highest BCUT2D eigenvalue weighted by molar-refractivity contribution is 5.91. The number of aliphatic hydroxyl groups excluding tert-OH is 1. The number of ether oxygens (including phenoxy) is 2. The molecular formula is C34H31NO4. The molecule has 2 atom stereocenters. The van der Waals surface area contributed by atoms with Crippen molar-refractivity contribution in [1.82, 2.24) is 5.32 Å². The molecule has 1 aliphatic heterocycles. The van der Waals surface area contributed by atoms with Crippen LogP contribution in [0.2, 0.25) is 0 Å². The Balaban J connectivity index is 1.25. The molecule has 0 spiro atoms. The van der Waals surface area contributed by atoms with Gasteiger partial charge in [0.2, 0.25) is 6.29 Å².